The molecule has 0 unspecified atom stereocenters. The van der Waals surface area contributed by atoms with Gasteiger partial charge in [-0.15, -0.1) is 6.58 Å². The van der Waals surface area contributed by atoms with Crippen molar-refractivity contribution in [2.24, 2.45) is 0 Å². The number of rotatable bonds is 7. The Balaban J connectivity index is 1.95. The molecule has 0 aliphatic heterocycles. The van der Waals surface area contributed by atoms with Crippen LogP contribution in [-0.2, 0) is 13.2 Å². The molecule has 0 saturated carbocycles. The lowest BCUT2D eigenvalue weighted by Crippen LogP contribution is -2.12. The van der Waals surface area contributed by atoms with Crippen molar-refractivity contribution >= 4 is 22.9 Å². The molecule has 2 aromatic heterocycles. The topological polar surface area (TPSA) is 90.6 Å². The molecule has 0 bridgehead atoms. The Morgan fingerprint density at radius 3 is 3.00 bits per heavy atom. The van der Waals surface area contributed by atoms with Crippen LogP contribution in [0.2, 0.25) is 0 Å². The summed E-state index contributed by atoms with van der Waals surface area (Å²) < 4.78 is 1.95. The van der Waals surface area contributed by atoms with Gasteiger partial charge in [0.25, 0.3) is 0 Å². The lowest BCUT2D eigenvalue weighted by atomic mass is 10.2. The third kappa shape index (κ3) is 3.42. The van der Waals surface area contributed by atoms with Crippen LogP contribution < -0.4 is 5.49 Å². The molecule has 0 aliphatic rings. The molecule has 6 nitrogen and oxygen atoms in total. The number of fused-ring (bicyclic) bond motifs is 1. The number of aliphatic hydroxyl groups excluding tert-OH is 1. The zero-order chi connectivity index (χ0) is 16.9. The second kappa shape index (κ2) is 7.46. The van der Waals surface area contributed by atoms with E-state index in [9.17, 15) is 5.11 Å². The second-order valence-corrected chi connectivity index (χ2v) is 6.36. The number of aromatic nitrogens is 4. The number of unbranched alkanes of at least 4 members (excludes halogenated alkanes) is 1. The maximum absolute atomic E-state index is 9.45. The summed E-state index contributed by atoms with van der Waals surface area (Å²) in [6, 6.07) is 7.66. The summed E-state index contributed by atoms with van der Waals surface area (Å²) in [6.45, 7) is 4.49. The Bertz CT molecular complexity index is 915. The molecule has 3 aromatic rings. The maximum Gasteiger partial charge on any atom is 0.173 e. The van der Waals surface area contributed by atoms with E-state index in [1.165, 1.54) is 11.8 Å². The Morgan fingerprint density at radius 2 is 2.21 bits per heavy atom. The number of hydrogen-bond acceptors (Lipinski definition) is 5. The highest BCUT2D eigenvalue weighted by Gasteiger charge is 2.11. The van der Waals surface area contributed by atoms with Gasteiger partial charge < -0.3 is 14.7 Å². The molecule has 0 fully saturated rings. The van der Waals surface area contributed by atoms with E-state index in [0.29, 0.717) is 10.7 Å². The first-order chi connectivity index (χ1) is 11.7. The number of aromatic amines is 1. The normalized spacial score (nSPS) is 11.0. The smallest absolute Gasteiger partial charge is 0.173 e. The monoisotopic (exact) mass is 341 g/mol. The summed E-state index contributed by atoms with van der Waals surface area (Å²) in [4.78, 5) is 12.9. The van der Waals surface area contributed by atoms with E-state index in [2.05, 4.69) is 21.5 Å². The average molecular weight is 341 g/mol. The lowest BCUT2D eigenvalue weighted by Gasteiger charge is -2.05. The van der Waals surface area contributed by atoms with Crippen molar-refractivity contribution in [3.63, 3.8) is 0 Å². The fourth-order valence-electron chi connectivity index (χ4n) is 2.42. The fourth-order valence-corrected chi connectivity index (χ4v) is 3.32. The van der Waals surface area contributed by atoms with E-state index in [-0.39, 0.29) is 12.1 Å². The van der Waals surface area contributed by atoms with Crippen molar-refractivity contribution in [2.45, 2.75) is 36.0 Å². The minimum atomic E-state index is -0.0177. The molecule has 3 N–H and O–H groups in total. The van der Waals surface area contributed by atoms with Gasteiger partial charge in [-0.2, -0.15) is 0 Å². The van der Waals surface area contributed by atoms with E-state index >= 15 is 0 Å². The summed E-state index contributed by atoms with van der Waals surface area (Å²) in [7, 11) is 0. The van der Waals surface area contributed by atoms with Gasteiger partial charge in [0.05, 0.1) is 12.9 Å². The molecule has 24 heavy (non-hydrogen) atoms. The van der Waals surface area contributed by atoms with Crippen molar-refractivity contribution in [1.29, 1.82) is 5.41 Å². The van der Waals surface area contributed by atoms with E-state index < -0.39 is 0 Å². The molecule has 0 amide bonds. The largest absolute Gasteiger partial charge is 0.392 e. The van der Waals surface area contributed by atoms with Crippen molar-refractivity contribution in [2.75, 3.05) is 0 Å². The number of nitrogens with one attached hydrogen (secondary N) is 2. The van der Waals surface area contributed by atoms with E-state index in [1.807, 2.05) is 34.9 Å². The van der Waals surface area contributed by atoms with Gasteiger partial charge in [0, 0.05) is 11.4 Å². The predicted molar refractivity (Wildman–Crippen MR) is 93.7 cm³/mol. The number of hydrogen-bond donors (Lipinski definition) is 3. The molecule has 2 heterocycles. The molecule has 0 saturated heterocycles. The number of allylic oxidation sites excluding steroid dienone is 1. The average Bonchev–Trinajstić information content (AvgIpc) is 3.02. The van der Waals surface area contributed by atoms with Crippen molar-refractivity contribution in [3.8, 4) is 0 Å². The number of imidazole rings is 1. The highest BCUT2D eigenvalue weighted by molar-refractivity contribution is 7.99. The van der Waals surface area contributed by atoms with Gasteiger partial charge in [-0.25, -0.2) is 9.97 Å². The summed E-state index contributed by atoms with van der Waals surface area (Å²) >= 11 is 1.44. The highest BCUT2D eigenvalue weighted by Crippen LogP contribution is 2.29. The van der Waals surface area contributed by atoms with E-state index in [1.54, 1.807) is 6.33 Å². The van der Waals surface area contributed by atoms with Crippen LogP contribution in [0.5, 0.6) is 0 Å². The first-order valence-electron chi connectivity index (χ1n) is 7.70. The molecule has 7 heteroatoms. The first-order valence-corrected chi connectivity index (χ1v) is 8.52. The second-order valence-electron chi connectivity index (χ2n) is 5.33. The SMILES string of the molecule is C=CCCCn1cnc(=N)c2[nH]c(Sc3ccccc3CO)nc21. The molecular formula is C17H19N5OS. The van der Waals surface area contributed by atoms with Crippen LogP contribution in [0.25, 0.3) is 11.2 Å². The Morgan fingerprint density at radius 1 is 1.38 bits per heavy atom. The summed E-state index contributed by atoms with van der Waals surface area (Å²) in [5, 5.41) is 18.1. The fraction of sp³-hybridized carbons (Fsp3) is 0.235. The van der Waals surface area contributed by atoms with Crippen LogP contribution >= 0.6 is 11.8 Å². The van der Waals surface area contributed by atoms with Gasteiger partial charge >= 0.3 is 0 Å². The molecule has 0 aliphatic carbocycles. The van der Waals surface area contributed by atoms with Gasteiger partial charge in [0.15, 0.2) is 16.3 Å². The van der Waals surface area contributed by atoms with Gasteiger partial charge in [0.2, 0.25) is 0 Å². The number of aryl methyl sites for hydroxylation is 1. The minimum Gasteiger partial charge on any atom is -0.392 e. The van der Waals surface area contributed by atoms with Crippen LogP contribution in [0.3, 0.4) is 0 Å². The van der Waals surface area contributed by atoms with Crippen LogP contribution in [0.4, 0.5) is 0 Å². The Labute approximate surface area is 143 Å². The van der Waals surface area contributed by atoms with Crippen molar-refractivity contribution < 1.29 is 5.11 Å². The molecule has 3 rings (SSSR count). The Kier molecular flexibility index (Phi) is 5.12. The first kappa shape index (κ1) is 16.5. The number of H-pyrrole nitrogens is 1. The zero-order valence-corrected chi connectivity index (χ0v) is 14.0. The van der Waals surface area contributed by atoms with Gasteiger partial charge in [0.1, 0.15) is 5.52 Å². The quantitative estimate of drug-likeness (QED) is 0.455. The standard InChI is InChI=1S/C17H19N5OS/c1-2-3-6-9-22-11-19-15(18)14-16(22)21-17(20-14)24-13-8-5-4-7-12(13)10-23/h2,4-5,7-8,11,18,23H,1,3,6,9-10H2,(H,20,21). The lowest BCUT2D eigenvalue weighted by molar-refractivity contribution is 0.279. The van der Waals surface area contributed by atoms with Crippen molar-refractivity contribution in [3.05, 3.63) is 54.3 Å². The Hall–Kier alpha value is -2.38. The zero-order valence-electron chi connectivity index (χ0n) is 13.2. The molecule has 0 spiro atoms. The summed E-state index contributed by atoms with van der Waals surface area (Å²) in [5.41, 5.74) is 2.38. The van der Waals surface area contributed by atoms with Crippen LogP contribution in [0.15, 0.2) is 53.3 Å². The van der Waals surface area contributed by atoms with Crippen LogP contribution in [-0.4, -0.2) is 24.6 Å². The van der Waals surface area contributed by atoms with Gasteiger partial charge in [-0.1, -0.05) is 36.0 Å². The van der Waals surface area contributed by atoms with E-state index in [4.69, 9.17) is 5.41 Å². The molecule has 1 aromatic carbocycles. The van der Waals surface area contributed by atoms with Crippen LogP contribution in [0.1, 0.15) is 18.4 Å². The number of nitrogens with zero attached hydrogens (tertiary/aromatic N) is 3. The molecule has 0 radical (unpaired) electrons. The minimum absolute atomic E-state index is 0.0177. The van der Waals surface area contributed by atoms with Gasteiger partial charge in [-0.3, -0.25) is 5.41 Å². The van der Waals surface area contributed by atoms with Crippen molar-refractivity contribution in [1.82, 2.24) is 19.5 Å². The third-order valence-electron chi connectivity index (χ3n) is 3.65. The van der Waals surface area contributed by atoms with Crippen LogP contribution in [0, 0.1) is 5.41 Å². The molecular weight excluding hydrogens is 322 g/mol. The molecule has 124 valence electrons. The predicted octanol–water partition coefficient (Wildman–Crippen LogP) is 2.85. The highest BCUT2D eigenvalue weighted by atomic mass is 32.2. The summed E-state index contributed by atoms with van der Waals surface area (Å²) in [5.74, 6) is 0. The number of benzene rings is 1. The third-order valence-corrected chi connectivity index (χ3v) is 4.66. The van der Waals surface area contributed by atoms with E-state index in [0.717, 1.165) is 35.5 Å². The number of aliphatic hydroxyl groups is 1. The van der Waals surface area contributed by atoms with Gasteiger partial charge in [-0.05, 0) is 24.5 Å². The molecule has 0 atom stereocenters. The maximum atomic E-state index is 9.45. The summed E-state index contributed by atoms with van der Waals surface area (Å²) in [6.07, 6.45) is 5.42.